The standard InChI is InChI=1S/C12H12N2O/c1-2-5-10-9(4-1)13-8-11(14-10)12-6-3-7-15-12/h1-7,11,13-14H,8H2. The van der Waals surface area contributed by atoms with Crippen LogP contribution in [0.5, 0.6) is 0 Å². The van der Waals surface area contributed by atoms with Gasteiger partial charge in [0.1, 0.15) is 11.8 Å². The second kappa shape index (κ2) is 3.35. The molecule has 76 valence electrons. The number of hydrogen-bond donors (Lipinski definition) is 2. The highest BCUT2D eigenvalue weighted by molar-refractivity contribution is 5.71. The first-order chi connectivity index (χ1) is 7.43. The fourth-order valence-corrected chi connectivity index (χ4v) is 1.88. The molecule has 1 aliphatic rings. The summed E-state index contributed by atoms with van der Waals surface area (Å²) >= 11 is 0. The molecule has 1 aromatic heterocycles. The van der Waals surface area contributed by atoms with Gasteiger partial charge in [0.25, 0.3) is 0 Å². The fourth-order valence-electron chi connectivity index (χ4n) is 1.88. The highest BCUT2D eigenvalue weighted by Crippen LogP contribution is 2.30. The van der Waals surface area contributed by atoms with Gasteiger partial charge in [0.15, 0.2) is 0 Å². The number of furan rings is 1. The number of fused-ring (bicyclic) bond motifs is 1. The summed E-state index contributed by atoms with van der Waals surface area (Å²) in [7, 11) is 0. The second-order valence-electron chi connectivity index (χ2n) is 3.64. The van der Waals surface area contributed by atoms with Gasteiger partial charge in [-0.05, 0) is 24.3 Å². The van der Waals surface area contributed by atoms with E-state index in [9.17, 15) is 0 Å². The number of nitrogens with one attached hydrogen (secondary N) is 2. The topological polar surface area (TPSA) is 37.2 Å². The smallest absolute Gasteiger partial charge is 0.127 e. The lowest BCUT2D eigenvalue weighted by Crippen LogP contribution is -2.25. The lowest BCUT2D eigenvalue weighted by Gasteiger charge is -2.26. The molecule has 3 nitrogen and oxygen atoms in total. The molecule has 0 aliphatic carbocycles. The minimum atomic E-state index is 0.217. The van der Waals surface area contributed by atoms with Gasteiger partial charge in [-0.3, -0.25) is 0 Å². The summed E-state index contributed by atoms with van der Waals surface area (Å²) in [6.07, 6.45) is 1.71. The molecule has 0 saturated heterocycles. The lowest BCUT2D eigenvalue weighted by atomic mass is 10.1. The van der Waals surface area contributed by atoms with Crippen LogP contribution < -0.4 is 10.6 Å². The zero-order chi connectivity index (χ0) is 10.1. The summed E-state index contributed by atoms with van der Waals surface area (Å²) in [6.45, 7) is 0.852. The van der Waals surface area contributed by atoms with Gasteiger partial charge in [-0.1, -0.05) is 12.1 Å². The Kier molecular flexibility index (Phi) is 1.88. The van der Waals surface area contributed by atoms with E-state index in [1.807, 2.05) is 24.3 Å². The molecular formula is C12H12N2O. The Bertz CT molecular complexity index is 450. The van der Waals surface area contributed by atoms with Crippen molar-refractivity contribution in [3.05, 3.63) is 48.4 Å². The Morgan fingerprint density at radius 1 is 1.07 bits per heavy atom. The predicted octanol–water partition coefficient (Wildman–Crippen LogP) is 2.86. The molecule has 0 saturated carbocycles. The fraction of sp³-hybridized carbons (Fsp3) is 0.167. The highest BCUT2D eigenvalue weighted by atomic mass is 16.3. The largest absolute Gasteiger partial charge is 0.467 e. The first kappa shape index (κ1) is 8.41. The van der Waals surface area contributed by atoms with Crippen molar-refractivity contribution in [3.63, 3.8) is 0 Å². The third-order valence-corrected chi connectivity index (χ3v) is 2.64. The third-order valence-electron chi connectivity index (χ3n) is 2.64. The summed E-state index contributed by atoms with van der Waals surface area (Å²) in [5, 5.41) is 6.82. The van der Waals surface area contributed by atoms with Crippen molar-refractivity contribution < 1.29 is 4.42 Å². The maximum atomic E-state index is 5.39. The van der Waals surface area contributed by atoms with Gasteiger partial charge < -0.3 is 15.1 Å². The van der Waals surface area contributed by atoms with Gasteiger partial charge in [-0.2, -0.15) is 0 Å². The normalized spacial score (nSPS) is 18.8. The molecule has 3 heteroatoms. The molecule has 1 atom stereocenters. The SMILES string of the molecule is c1coc(C2CNc3ccccc3N2)c1. The maximum absolute atomic E-state index is 5.39. The van der Waals surface area contributed by atoms with Crippen LogP contribution in [0.1, 0.15) is 11.8 Å². The lowest BCUT2D eigenvalue weighted by molar-refractivity contribution is 0.483. The van der Waals surface area contributed by atoms with E-state index < -0.39 is 0 Å². The average molecular weight is 200 g/mol. The molecule has 15 heavy (non-hydrogen) atoms. The predicted molar refractivity (Wildman–Crippen MR) is 60.0 cm³/mol. The Hall–Kier alpha value is -1.90. The van der Waals surface area contributed by atoms with Gasteiger partial charge >= 0.3 is 0 Å². The van der Waals surface area contributed by atoms with Crippen molar-refractivity contribution in [1.82, 2.24) is 0 Å². The summed E-state index contributed by atoms with van der Waals surface area (Å²) in [5.41, 5.74) is 2.28. The molecular weight excluding hydrogens is 188 g/mol. The Labute approximate surface area is 88.1 Å². The highest BCUT2D eigenvalue weighted by Gasteiger charge is 2.19. The van der Waals surface area contributed by atoms with Crippen LogP contribution in [0.3, 0.4) is 0 Å². The number of para-hydroxylation sites is 2. The Morgan fingerprint density at radius 2 is 1.93 bits per heavy atom. The van der Waals surface area contributed by atoms with E-state index in [4.69, 9.17) is 4.42 Å². The van der Waals surface area contributed by atoms with Crippen LogP contribution in [-0.4, -0.2) is 6.54 Å². The summed E-state index contributed by atoms with van der Waals surface area (Å²) in [6, 6.07) is 12.3. The van der Waals surface area contributed by atoms with Gasteiger partial charge in [0, 0.05) is 6.54 Å². The molecule has 0 bridgehead atoms. The maximum Gasteiger partial charge on any atom is 0.127 e. The molecule has 2 aromatic rings. The molecule has 1 aromatic carbocycles. The van der Waals surface area contributed by atoms with Crippen molar-refractivity contribution in [2.45, 2.75) is 6.04 Å². The van der Waals surface area contributed by atoms with Crippen LogP contribution in [0.4, 0.5) is 11.4 Å². The molecule has 1 unspecified atom stereocenters. The van der Waals surface area contributed by atoms with Crippen LogP contribution in [0.25, 0.3) is 0 Å². The third kappa shape index (κ3) is 1.46. The van der Waals surface area contributed by atoms with Gasteiger partial charge in [-0.25, -0.2) is 0 Å². The van der Waals surface area contributed by atoms with E-state index in [1.165, 1.54) is 0 Å². The van der Waals surface area contributed by atoms with Crippen LogP contribution >= 0.6 is 0 Å². The van der Waals surface area contributed by atoms with Gasteiger partial charge in [0.05, 0.1) is 17.6 Å². The summed E-state index contributed by atoms with van der Waals surface area (Å²) in [4.78, 5) is 0. The van der Waals surface area contributed by atoms with Crippen molar-refractivity contribution in [1.29, 1.82) is 0 Å². The van der Waals surface area contributed by atoms with Crippen molar-refractivity contribution in [2.24, 2.45) is 0 Å². The van der Waals surface area contributed by atoms with Crippen LogP contribution in [0.15, 0.2) is 47.1 Å². The van der Waals surface area contributed by atoms with Crippen LogP contribution in [-0.2, 0) is 0 Å². The van der Waals surface area contributed by atoms with E-state index >= 15 is 0 Å². The number of rotatable bonds is 1. The number of anilines is 2. The number of benzene rings is 1. The zero-order valence-electron chi connectivity index (χ0n) is 8.23. The summed E-state index contributed by atoms with van der Waals surface area (Å²) in [5.74, 6) is 0.969. The molecule has 1 aliphatic heterocycles. The molecule has 0 radical (unpaired) electrons. The number of hydrogen-bond acceptors (Lipinski definition) is 3. The summed E-state index contributed by atoms with van der Waals surface area (Å²) < 4.78 is 5.39. The molecule has 0 spiro atoms. The second-order valence-corrected chi connectivity index (χ2v) is 3.64. The van der Waals surface area contributed by atoms with E-state index in [0.29, 0.717) is 0 Å². The van der Waals surface area contributed by atoms with Crippen LogP contribution in [0.2, 0.25) is 0 Å². The van der Waals surface area contributed by atoms with E-state index in [0.717, 1.165) is 23.7 Å². The molecule has 3 rings (SSSR count). The quantitative estimate of drug-likeness (QED) is 0.743. The van der Waals surface area contributed by atoms with Crippen molar-refractivity contribution in [3.8, 4) is 0 Å². The molecule has 2 heterocycles. The first-order valence-corrected chi connectivity index (χ1v) is 5.06. The van der Waals surface area contributed by atoms with Crippen molar-refractivity contribution >= 4 is 11.4 Å². The monoisotopic (exact) mass is 200 g/mol. The first-order valence-electron chi connectivity index (χ1n) is 5.06. The molecule has 2 N–H and O–H groups in total. The minimum Gasteiger partial charge on any atom is -0.467 e. The Morgan fingerprint density at radius 3 is 2.73 bits per heavy atom. The minimum absolute atomic E-state index is 0.217. The van der Waals surface area contributed by atoms with E-state index in [2.05, 4.69) is 22.8 Å². The van der Waals surface area contributed by atoms with E-state index in [1.54, 1.807) is 6.26 Å². The van der Waals surface area contributed by atoms with Gasteiger partial charge in [-0.15, -0.1) is 0 Å². The van der Waals surface area contributed by atoms with Gasteiger partial charge in [0.2, 0.25) is 0 Å². The molecule has 0 fully saturated rings. The van der Waals surface area contributed by atoms with Crippen molar-refractivity contribution in [2.75, 3.05) is 17.2 Å². The molecule has 0 amide bonds. The Balaban J connectivity index is 1.89. The zero-order valence-corrected chi connectivity index (χ0v) is 8.23. The average Bonchev–Trinajstić information content (AvgIpc) is 2.82. The van der Waals surface area contributed by atoms with Crippen LogP contribution in [0, 0.1) is 0 Å². The van der Waals surface area contributed by atoms with E-state index in [-0.39, 0.29) is 6.04 Å².